The second-order valence-corrected chi connectivity index (χ2v) is 6.70. The Balaban J connectivity index is 2.51. The van der Waals surface area contributed by atoms with Gasteiger partial charge in [-0.15, -0.1) is 0 Å². The van der Waals surface area contributed by atoms with E-state index in [4.69, 9.17) is 0 Å². The molecule has 0 amide bonds. The van der Waals surface area contributed by atoms with Gasteiger partial charge in [-0.25, -0.2) is 8.42 Å². The highest BCUT2D eigenvalue weighted by Crippen LogP contribution is 2.21. The van der Waals surface area contributed by atoms with E-state index in [2.05, 4.69) is 5.32 Å². The summed E-state index contributed by atoms with van der Waals surface area (Å²) < 4.78 is 23.0. The van der Waals surface area contributed by atoms with Crippen molar-refractivity contribution < 1.29 is 8.42 Å². The van der Waals surface area contributed by atoms with Crippen molar-refractivity contribution in [2.45, 2.75) is 44.4 Å². The van der Waals surface area contributed by atoms with E-state index >= 15 is 0 Å². The van der Waals surface area contributed by atoms with Crippen LogP contribution in [0.4, 0.5) is 0 Å². The maximum atomic E-state index is 11.5. The lowest BCUT2D eigenvalue weighted by molar-refractivity contribution is 0.471. The Labute approximate surface area is 87.2 Å². The molecule has 1 aliphatic rings. The molecule has 0 aliphatic heterocycles. The van der Waals surface area contributed by atoms with E-state index < -0.39 is 9.84 Å². The topological polar surface area (TPSA) is 46.2 Å². The van der Waals surface area contributed by atoms with Crippen LogP contribution >= 0.6 is 0 Å². The number of hydrogen-bond donors (Lipinski definition) is 1. The van der Waals surface area contributed by atoms with Gasteiger partial charge in [0.2, 0.25) is 0 Å². The van der Waals surface area contributed by atoms with E-state index in [1.807, 2.05) is 13.8 Å². The molecule has 14 heavy (non-hydrogen) atoms. The number of rotatable bonds is 6. The van der Waals surface area contributed by atoms with Crippen LogP contribution in [-0.2, 0) is 9.84 Å². The minimum atomic E-state index is -2.91. The Morgan fingerprint density at radius 2 is 2.00 bits per heavy atom. The van der Waals surface area contributed by atoms with Crippen molar-refractivity contribution in [1.82, 2.24) is 5.32 Å². The van der Waals surface area contributed by atoms with Crippen molar-refractivity contribution in [3.8, 4) is 0 Å². The number of sulfone groups is 1. The fourth-order valence-electron chi connectivity index (χ4n) is 1.61. The zero-order valence-electron chi connectivity index (χ0n) is 9.29. The Hall–Kier alpha value is -0.0900. The van der Waals surface area contributed by atoms with Crippen molar-refractivity contribution >= 4 is 9.84 Å². The summed E-state index contributed by atoms with van der Waals surface area (Å²) in [5.41, 5.74) is 0. The first-order valence-electron chi connectivity index (χ1n) is 5.37. The van der Waals surface area contributed by atoms with E-state index in [9.17, 15) is 8.42 Å². The summed E-state index contributed by atoms with van der Waals surface area (Å²) in [5.74, 6) is 0.247. The van der Waals surface area contributed by atoms with Gasteiger partial charge in [-0.1, -0.05) is 20.3 Å². The molecule has 1 N–H and O–H groups in total. The smallest absolute Gasteiger partial charge is 0.151 e. The molecule has 0 aromatic heterocycles. The Kier molecular flexibility index (Phi) is 3.95. The normalized spacial score (nSPS) is 21.9. The molecule has 0 aromatic carbocycles. The summed E-state index contributed by atoms with van der Waals surface area (Å²) in [6.07, 6.45) is 4.68. The van der Waals surface area contributed by atoms with Crippen LogP contribution in [0.3, 0.4) is 0 Å². The van der Waals surface area contributed by atoms with Crippen molar-refractivity contribution in [3.05, 3.63) is 0 Å². The lowest BCUT2D eigenvalue weighted by Crippen LogP contribution is -2.38. The highest BCUT2D eigenvalue weighted by molar-refractivity contribution is 7.91. The molecule has 0 aromatic rings. The third-order valence-electron chi connectivity index (χ3n) is 3.01. The fourth-order valence-corrected chi connectivity index (χ4v) is 3.04. The molecule has 0 spiro atoms. The summed E-state index contributed by atoms with van der Waals surface area (Å²) >= 11 is 0. The van der Waals surface area contributed by atoms with E-state index in [0.717, 1.165) is 6.42 Å². The third-order valence-corrected chi connectivity index (χ3v) is 4.74. The summed E-state index contributed by atoms with van der Waals surface area (Å²) in [6.45, 7) is 4.68. The lowest BCUT2D eigenvalue weighted by atomic mass is 10.0. The number of nitrogens with one attached hydrogen (secondary N) is 1. The first-order valence-corrected chi connectivity index (χ1v) is 7.32. The second kappa shape index (κ2) is 4.62. The minimum absolute atomic E-state index is 0.215. The third kappa shape index (κ3) is 3.58. The second-order valence-electron chi connectivity index (χ2n) is 4.44. The predicted octanol–water partition coefficient (Wildman–Crippen LogP) is 1.20. The summed E-state index contributed by atoms with van der Waals surface area (Å²) in [7, 11) is -2.91. The molecule has 2 unspecified atom stereocenters. The van der Waals surface area contributed by atoms with Gasteiger partial charge in [0, 0.05) is 18.8 Å². The molecule has 3 nitrogen and oxygen atoms in total. The van der Waals surface area contributed by atoms with Crippen LogP contribution < -0.4 is 5.32 Å². The Bertz CT molecular complexity index is 270. The predicted molar refractivity (Wildman–Crippen MR) is 59.1 cm³/mol. The van der Waals surface area contributed by atoms with Crippen LogP contribution in [0.5, 0.6) is 0 Å². The van der Waals surface area contributed by atoms with Crippen LogP contribution in [0.1, 0.15) is 33.1 Å². The Morgan fingerprint density at radius 3 is 2.36 bits per heavy atom. The largest absolute Gasteiger partial charge is 0.313 e. The standard InChI is InChI=1S/C10H21NO2S/c1-4-8(2)10(14(3,12)13)7-11-9-5-6-9/h8-11H,4-7H2,1-3H3. The van der Waals surface area contributed by atoms with Gasteiger partial charge >= 0.3 is 0 Å². The molecule has 0 saturated heterocycles. The van der Waals surface area contributed by atoms with Gasteiger partial charge in [0.15, 0.2) is 9.84 Å². The van der Waals surface area contributed by atoms with Crippen molar-refractivity contribution in [1.29, 1.82) is 0 Å². The average molecular weight is 219 g/mol. The van der Waals surface area contributed by atoms with Crippen LogP contribution in [-0.4, -0.2) is 32.5 Å². The summed E-state index contributed by atoms with van der Waals surface area (Å²) in [6, 6.07) is 0.586. The SMILES string of the molecule is CCC(C)C(CNC1CC1)S(C)(=O)=O. The van der Waals surface area contributed by atoms with Gasteiger partial charge in [-0.05, 0) is 18.8 Å². The van der Waals surface area contributed by atoms with E-state index in [1.54, 1.807) is 0 Å². The van der Waals surface area contributed by atoms with E-state index in [1.165, 1.54) is 19.1 Å². The molecule has 1 rings (SSSR count). The van der Waals surface area contributed by atoms with Gasteiger partial charge in [-0.3, -0.25) is 0 Å². The Morgan fingerprint density at radius 1 is 1.43 bits per heavy atom. The van der Waals surface area contributed by atoms with Crippen molar-refractivity contribution in [2.24, 2.45) is 5.92 Å². The van der Waals surface area contributed by atoms with Crippen LogP contribution in [0.25, 0.3) is 0 Å². The van der Waals surface area contributed by atoms with Crippen LogP contribution in [0, 0.1) is 5.92 Å². The molecule has 4 heteroatoms. The van der Waals surface area contributed by atoms with Crippen LogP contribution in [0.15, 0.2) is 0 Å². The first kappa shape index (κ1) is 12.0. The molecule has 1 aliphatic carbocycles. The molecule has 0 radical (unpaired) electrons. The molecule has 2 atom stereocenters. The maximum Gasteiger partial charge on any atom is 0.151 e. The molecular formula is C10H21NO2S. The minimum Gasteiger partial charge on any atom is -0.313 e. The van der Waals surface area contributed by atoms with Gasteiger partial charge in [0.05, 0.1) is 5.25 Å². The average Bonchev–Trinajstić information content (AvgIpc) is 2.85. The van der Waals surface area contributed by atoms with E-state index in [-0.39, 0.29) is 11.2 Å². The van der Waals surface area contributed by atoms with E-state index in [0.29, 0.717) is 12.6 Å². The number of hydrogen-bond acceptors (Lipinski definition) is 3. The van der Waals surface area contributed by atoms with Gasteiger partial charge in [-0.2, -0.15) is 0 Å². The molecular weight excluding hydrogens is 198 g/mol. The summed E-state index contributed by atoms with van der Waals surface area (Å²) in [4.78, 5) is 0. The quantitative estimate of drug-likeness (QED) is 0.730. The van der Waals surface area contributed by atoms with Crippen molar-refractivity contribution in [2.75, 3.05) is 12.8 Å². The molecule has 1 saturated carbocycles. The molecule has 84 valence electrons. The van der Waals surface area contributed by atoms with Crippen molar-refractivity contribution in [3.63, 3.8) is 0 Å². The first-order chi connectivity index (χ1) is 6.45. The van der Waals surface area contributed by atoms with Gasteiger partial charge in [0.1, 0.15) is 0 Å². The highest BCUT2D eigenvalue weighted by atomic mass is 32.2. The van der Waals surface area contributed by atoms with Gasteiger partial charge < -0.3 is 5.32 Å². The fraction of sp³-hybridized carbons (Fsp3) is 1.00. The monoisotopic (exact) mass is 219 g/mol. The molecule has 0 bridgehead atoms. The zero-order valence-corrected chi connectivity index (χ0v) is 10.1. The lowest BCUT2D eigenvalue weighted by Gasteiger charge is -2.21. The highest BCUT2D eigenvalue weighted by Gasteiger charge is 2.29. The molecule has 1 fully saturated rings. The summed E-state index contributed by atoms with van der Waals surface area (Å²) in [5, 5.41) is 3.08. The molecule has 0 heterocycles. The zero-order chi connectivity index (χ0) is 10.8. The maximum absolute atomic E-state index is 11.5. The van der Waals surface area contributed by atoms with Crippen LogP contribution in [0.2, 0.25) is 0 Å². The van der Waals surface area contributed by atoms with Gasteiger partial charge in [0.25, 0.3) is 0 Å².